The van der Waals surface area contributed by atoms with E-state index in [-0.39, 0.29) is 5.91 Å². The molecule has 0 atom stereocenters. The van der Waals surface area contributed by atoms with E-state index in [9.17, 15) is 4.79 Å². The maximum Gasteiger partial charge on any atom is 0.256 e. The van der Waals surface area contributed by atoms with Crippen LogP contribution in [-0.2, 0) is 6.42 Å². The minimum Gasteiger partial charge on any atom is -0.361 e. The maximum atomic E-state index is 11.9. The number of rotatable bonds is 5. The maximum absolute atomic E-state index is 11.9. The molecule has 0 saturated heterocycles. The van der Waals surface area contributed by atoms with Gasteiger partial charge in [-0.2, -0.15) is 0 Å². The molecule has 1 amide bonds. The molecular weight excluding hydrogens is 232 g/mol. The number of carbonyl (C=O) groups excluding carboxylic acids is 1. The summed E-state index contributed by atoms with van der Waals surface area (Å²) in [7, 11) is 0. The Labute approximate surface area is 105 Å². The quantitative estimate of drug-likeness (QED) is 0.783. The molecule has 0 fully saturated rings. The lowest BCUT2D eigenvalue weighted by Gasteiger charge is -2.03. The molecule has 0 saturated carbocycles. The second-order valence-corrected chi connectivity index (χ2v) is 4.09. The highest BCUT2D eigenvalue weighted by molar-refractivity contribution is 5.96. The van der Waals surface area contributed by atoms with Gasteiger partial charge in [0.1, 0.15) is 17.1 Å². The van der Waals surface area contributed by atoms with Gasteiger partial charge in [-0.15, -0.1) is 0 Å². The van der Waals surface area contributed by atoms with Crippen molar-refractivity contribution in [1.29, 1.82) is 0 Å². The molecule has 2 aromatic rings. The average molecular weight is 248 g/mol. The molecule has 0 radical (unpaired) electrons. The molecular formula is C12H16N4O2. The highest BCUT2D eigenvalue weighted by Crippen LogP contribution is 2.11. The van der Waals surface area contributed by atoms with Crippen LogP contribution in [0.4, 0.5) is 0 Å². The van der Waals surface area contributed by atoms with Gasteiger partial charge in [0.2, 0.25) is 0 Å². The van der Waals surface area contributed by atoms with Crippen LogP contribution < -0.4 is 5.32 Å². The van der Waals surface area contributed by atoms with E-state index in [0.717, 1.165) is 18.7 Å². The molecule has 0 unspecified atom stereocenters. The molecule has 0 spiro atoms. The van der Waals surface area contributed by atoms with E-state index in [2.05, 4.69) is 20.4 Å². The van der Waals surface area contributed by atoms with Crippen LogP contribution in [0.3, 0.4) is 0 Å². The van der Waals surface area contributed by atoms with Crippen LogP contribution in [0.5, 0.6) is 0 Å². The Morgan fingerprint density at radius 1 is 1.50 bits per heavy atom. The highest BCUT2D eigenvalue weighted by atomic mass is 16.5. The zero-order chi connectivity index (χ0) is 13.0. The fraction of sp³-hybridized carbons (Fsp3) is 0.417. The van der Waals surface area contributed by atoms with Gasteiger partial charge in [-0.3, -0.25) is 4.79 Å². The third-order valence-corrected chi connectivity index (χ3v) is 2.69. The number of nitrogens with zero attached hydrogens (tertiary/aromatic N) is 2. The van der Waals surface area contributed by atoms with Gasteiger partial charge in [0.15, 0.2) is 0 Å². The SMILES string of the molecule is Cc1noc(C)c1C(=O)NCCCc1ncc[nH]1. The molecule has 0 bridgehead atoms. The Kier molecular flexibility index (Phi) is 3.76. The number of H-pyrrole nitrogens is 1. The van der Waals surface area contributed by atoms with Gasteiger partial charge in [-0.25, -0.2) is 4.98 Å². The minimum absolute atomic E-state index is 0.134. The third-order valence-electron chi connectivity index (χ3n) is 2.69. The Morgan fingerprint density at radius 3 is 2.94 bits per heavy atom. The summed E-state index contributed by atoms with van der Waals surface area (Å²) in [5.41, 5.74) is 1.16. The van der Waals surface area contributed by atoms with Crippen LogP contribution in [0.2, 0.25) is 0 Å². The zero-order valence-corrected chi connectivity index (χ0v) is 10.5. The first-order valence-electron chi connectivity index (χ1n) is 5.88. The van der Waals surface area contributed by atoms with Crippen LogP contribution >= 0.6 is 0 Å². The first-order chi connectivity index (χ1) is 8.68. The highest BCUT2D eigenvalue weighted by Gasteiger charge is 2.16. The van der Waals surface area contributed by atoms with E-state index in [0.29, 0.717) is 23.6 Å². The molecule has 0 aliphatic carbocycles. The smallest absolute Gasteiger partial charge is 0.256 e. The number of aromatic nitrogens is 3. The summed E-state index contributed by atoms with van der Waals surface area (Å²) in [6.07, 6.45) is 5.16. The number of aromatic amines is 1. The first-order valence-corrected chi connectivity index (χ1v) is 5.88. The van der Waals surface area contributed by atoms with Crippen LogP contribution in [0.1, 0.15) is 34.1 Å². The van der Waals surface area contributed by atoms with Gasteiger partial charge in [0.25, 0.3) is 5.91 Å². The minimum atomic E-state index is -0.134. The van der Waals surface area contributed by atoms with Gasteiger partial charge in [-0.05, 0) is 20.3 Å². The zero-order valence-electron chi connectivity index (χ0n) is 10.5. The van der Waals surface area contributed by atoms with E-state index in [1.165, 1.54) is 0 Å². The van der Waals surface area contributed by atoms with Gasteiger partial charge < -0.3 is 14.8 Å². The average Bonchev–Trinajstić information content (AvgIpc) is 2.95. The lowest BCUT2D eigenvalue weighted by molar-refractivity contribution is 0.0951. The third kappa shape index (κ3) is 2.77. The lowest BCUT2D eigenvalue weighted by Crippen LogP contribution is -2.25. The molecule has 2 N–H and O–H groups in total. The fourth-order valence-corrected chi connectivity index (χ4v) is 1.79. The Hall–Kier alpha value is -2.11. The Bertz CT molecular complexity index is 497. The van der Waals surface area contributed by atoms with Crippen LogP contribution in [0.25, 0.3) is 0 Å². The fourth-order valence-electron chi connectivity index (χ4n) is 1.79. The van der Waals surface area contributed by atoms with Gasteiger partial charge >= 0.3 is 0 Å². The van der Waals surface area contributed by atoms with Crippen LogP contribution in [0, 0.1) is 13.8 Å². The second kappa shape index (κ2) is 5.48. The van der Waals surface area contributed by atoms with E-state index in [1.807, 2.05) is 0 Å². The Balaban J connectivity index is 1.79. The number of nitrogens with one attached hydrogen (secondary N) is 2. The first kappa shape index (κ1) is 12.3. The standard InChI is InChI=1S/C12H16N4O2/c1-8-11(9(2)18-16-8)12(17)15-5-3-4-10-13-6-7-14-10/h6-7H,3-5H2,1-2H3,(H,13,14)(H,15,17). The van der Waals surface area contributed by atoms with Crippen molar-refractivity contribution in [3.8, 4) is 0 Å². The normalized spacial score (nSPS) is 10.6. The summed E-state index contributed by atoms with van der Waals surface area (Å²) < 4.78 is 4.96. The summed E-state index contributed by atoms with van der Waals surface area (Å²) in [4.78, 5) is 19.0. The van der Waals surface area contributed by atoms with Gasteiger partial charge in [0.05, 0.1) is 5.69 Å². The lowest BCUT2D eigenvalue weighted by atomic mass is 10.2. The molecule has 18 heavy (non-hydrogen) atoms. The molecule has 2 aromatic heterocycles. The predicted octanol–water partition coefficient (Wildman–Crippen LogP) is 1.38. The van der Waals surface area contributed by atoms with Crippen molar-refractivity contribution in [3.63, 3.8) is 0 Å². The molecule has 6 heteroatoms. The molecule has 2 rings (SSSR count). The van der Waals surface area contributed by atoms with Crippen molar-refractivity contribution in [2.75, 3.05) is 6.54 Å². The molecule has 0 aromatic carbocycles. The Morgan fingerprint density at radius 2 is 2.33 bits per heavy atom. The van der Waals surface area contributed by atoms with Crippen molar-refractivity contribution >= 4 is 5.91 Å². The molecule has 2 heterocycles. The van der Waals surface area contributed by atoms with Crippen LogP contribution in [0.15, 0.2) is 16.9 Å². The van der Waals surface area contributed by atoms with Crippen molar-refractivity contribution in [1.82, 2.24) is 20.4 Å². The van der Waals surface area contributed by atoms with Gasteiger partial charge in [-0.1, -0.05) is 5.16 Å². The van der Waals surface area contributed by atoms with Crippen LogP contribution in [-0.4, -0.2) is 27.6 Å². The number of aryl methyl sites for hydroxylation is 3. The van der Waals surface area contributed by atoms with E-state index < -0.39 is 0 Å². The van der Waals surface area contributed by atoms with E-state index in [4.69, 9.17) is 4.52 Å². The number of imidazole rings is 1. The van der Waals surface area contributed by atoms with Gasteiger partial charge in [0, 0.05) is 25.4 Å². The summed E-state index contributed by atoms with van der Waals surface area (Å²) >= 11 is 0. The van der Waals surface area contributed by atoms with Crippen molar-refractivity contribution in [3.05, 3.63) is 35.2 Å². The van der Waals surface area contributed by atoms with Crippen molar-refractivity contribution in [2.24, 2.45) is 0 Å². The number of amides is 1. The topological polar surface area (TPSA) is 83.8 Å². The number of hydrogen-bond acceptors (Lipinski definition) is 4. The summed E-state index contributed by atoms with van der Waals surface area (Å²) in [5.74, 6) is 1.35. The molecule has 6 nitrogen and oxygen atoms in total. The molecule has 0 aliphatic heterocycles. The molecule has 0 aliphatic rings. The second-order valence-electron chi connectivity index (χ2n) is 4.09. The van der Waals surface area contributed by atoms with Crippen molar-refractivity contribution < 1.29 is 9.32 Å². The largest absolute Gasteiger partial charge is 0.361 e. The monoisotopic (exact) mass is 248 g/mol. The summed E-state index contributed by atoms with van der Waals surface area (Å²) in [6, 6.07) is 0. The molecule has 96 valence electrons. The van der Waals surface area contributed by atoms with Crippen molar-refractivity contribution in [2.45, 2.75) is 26.7 Å². The van der Waals surface area contributed by atoms with E-state index >= 15 is 0 Å². The number of hydrogen-bond donors (Lipinski definition) is 2. The summed E-state index contributed by atoms with van der Waals surface area (Å²) in [6.45, 7) is 4.09. The summed E-state index contributed by atoms with van der Waals surface area (Å²) in [5, 5.41) is 6.60. The van der Waals surface area contributed by atoms with E-state index in [1.54, 1.807) is 26.2 Å². The number of carbonyl (C=O) groups is 1. The predicted molar refractivity (Wildman–Crippen MR) is 65.2 cm³/mol.